The van der Waals surface area contributed by atoms with Gasteiger partial charge in [-0.2, -0.15) is 0 Å². The summed E-state index contributed by atoms with van der Waals surface area (Å²) in [6, 6.07) is 0.789. The molecule has 3 unspecified atom stereocenters. The van der Waals surface area contributed by atoms with Gasteiger partial charge in [0, 0.05) is 18.1 Å². The van der Waals surface area contributed by atoms with E-state index in [1.165, 1.54) is 57.9 Å². The van der Waals surface area contributed by atoms with Crippen molar-refractivity contribution in [1.82, 2.24) is 4.90 Å². The predicted molar refractivity (Wildman–Crippen MR) is 83.2 cm³/mol. The van der Waals surface area contributed by atoms with Gasteiger partial charge in [0.1, 0.15) is 0 Å². The van der Waals surface area contributed by atoms with Crippen molar-refractivity contribution in [2.45, 2.75) is 83.7 Å². The normalized spacial score (nSPS) is 37.7. The van der Waals surface area contributed by atoms with Gasteiger partial charge in [0.25, 0.3) is 0 Å². The van der Waals surface area contributed by atoms with Crippen LogP contribution in [0.25, 0.3) is 0 Å². The number of hydrogen-bond donors (Lipinski definition) is 1. The largest absolute Gasteiger partial charge is 0.329 e. The second-order valence-corrected chi connectivity index (χ2v) is 7.16. The molecule has 2 rings (SSSR count). The Hall–Kier alpha value is -0.0800. The molecule has 2 heteroatoms. The van der Waals surface area contributed by atoms with E-state index in [9.17, 15) is 0 Å². The van der Waals surface area contributed by atoms with Gasteiger partial charge in [-0.05, 0) is 50.5 Å². The summed E-state index contributed by atoms with van der Waals surface area (Å²) in [5.41, 5.74) is 6.69. The fourth-order valence-corrected chi connectivity index (χ4v) is 4.94. The molecule has 2 aliphatic rings. The van der Waals surface area contributed by atoms with Crippen molar-refractivity contribution in [3.63, 3.8) is 0 Å². The summed E-state index contributed by atoms with van der Waals surface area (Å²) < 4.78 is 0. The molecule has 0 spiro atoms. The summed E-state index contributed by atoms with van der Waals surface area (Å²) in [4.78, 5) is 2.86. The van der Waals surface area contributed by atoms with E-state index in [1.807, 2.05) is 0 Å². The van der Waals surface area contributed by atoms with Crippen LogP contribution >= 0.6 is 0 Å². The Morgan fingerprint density at radius 2 is 1.89 bits per heavy atom. The Balaban J connectivity index is 2.27. The topological polar surface area (TPSA) is 29.3 Å². The van der Waals surface area contributed by atoms with Gasteiger partial charge in [0.05, 0.1) is 0 Å². The first-order valence-corrected chi connectivity index (χ1v) is 8.62. The molecule has 1 heterocycles. The highest BCUT2D eigenvalue weighted by Gasteiger charge is 2.47. The SMILES string of the molecule is CCC1CCCCN1C1(CN)CCCCC1C(C)C. The molecule has 0 radical (unpaired) electrons. The van der Waals surface area contributed by atoms with Crippen LogP contribution < -0.4 is 5.73 Å². The van der Waals surface area contributed by atoms with Crippen molar-refractivity contribution in [2.24, 2.45) is 17.6 Å². The third kappa shape index (κ3) is 2.85. The zero-order valence-electron chi connectivity index (χ0n) is 13.3. The molecule has 1 aliphatic carbocycles. The van der Waals surface area contributed by atoms with E-state index in [0.717, 1.165) is 24.4 Å². The van der Waals surface area contributed by atoms with Crippen LogP contribution in [0.4, 0.5) is 0 Å². The first-order valence-electron chi connectivity index (χ1n) is 8.62. The summed E-state index contributed by atoms with van der Waals surface area (Å²) in [6.07, 6.45) is 11.0. The lowest BCUT2D eigenvalue weighted by atomic mass is 9.66. The molecule has 2 nitrogen and oxygen atoms in total. The fourth-order valence-electron chi connectivity index (χ4n) is 4.94. The van der Waals surface area contributed by atoms with Crippen molar-refractivity contribution in [3.8, 4) is 0 Å². The number of piperidine rings is 1. The predicted octanol–water partition coefficient (Wildman–Crippen LogP) is 3.79. The number of hydrogen-bond acceptors (Lipinski definition) is 2. The average molecular weight is 266 g/mol. The lowest BCUT2D eigenvalue weighted by Gasteiger charge is -2.56. The molecule has 0 amide bonds. The van der Waals surface area contributed by atoms with E-state index in [1.54, 1.807) is 0 Å². The van der Waals surface area contributed by atoms with E-state index < -0.39 is 0 Å². The fraction of sp³-hybridized carbons (Fsp3) is 1.00. The van der Waals surface area contributed by atoms with E-state index in [-0.39, 0.29) is 0 Å². The van der Waals surface area contributed by atoms with Gasteiger partial charge in [-0.1, -0.05) is 40.0 Å². The van der Waals surface area contributed by atoms with Gasteiger partial charge in [-0.25, -0.2) is 0 Å². The third-order valence-electron chi connectivity index (χ3n) is 5.89. The molecule has 3 atom stereocenters. The number of likely N-dealkylation sites (tertiary alicyclic amines) is 1. The maximum absolute atomic E-state index is 6.37. The van der Waals surface area contributed by atoms with E-state index >= 15 is 0 Å². The standard InChI is InChI=1S/C17H34N2/c1-4-15-9-6-8-12-19(15)17(13-18)11-7-5-10-16(17)14(2)3/h14-16H,4-13,18H2,1-3H3. The summed E-state index contributed by atoms with van der Waals surface area (Å²) in [6.45, 7) is 9.34. The van der Waals surface area contributed by atoms with Crippen LogP contribution in [0.3, 0.4) is 0 Å². The highest BCUT2D eigenvalue weighted by Crippen LogP contribution is 2.44. The van der Waals surface area contributed by atoms with Crippen molar-refractivity contribution in [3.05, 3.63) is 0 Å². The van der Waals surface area contributed by atoms with Gasteiger partial charge in [-0.3, -0.25) is 4.90 Å². The van der Waals surface area contributed by atoms with Gasteiger partial charge < -0.3 is 5.73 Å². The minimum Gasteiger partial charge on any atom is -0.329 e. The van der Waals surface area contributed by atoms with E-state index in [4.69, 9.17) is 5.73 Å². The van der Waals surface area contributed by atoms with Crippen LogP contribution in [0.15, 0.2) is 0 Å². The maximum atomic E-state index is 6.37. The summed E-state index contributed by atoms with van der Waals surface area (Å²) in [5.74, 6) is 1.57. The monoisotopic (exact) mass is 266 g/mol. The molecule has 0 aromatic carbocycles. The Morgan fingerprint density at radius 1 is 1.16 bits per heavy atom. The highest BCUT2D eigenvalue weighted by atomic mass is 15.2. The molecular formula is C17H34N2. The van der Waals surface area contributed by atoms with Crippen LogP contribution in [0.2, 0.25) is 0 Å². The van der Waals surface area contributed by atoms with Crippen LogP contribution in [-0.2, 0) is 0 Å². The first-order chi connectivity index (χ1) is 9.15. The van der Waals surface area contributed by atoms with Gasteiger partial charge in [0.2, 0.25) is 0 Å². The molecule has 0 aromatic heterocycles. The van der Waals surface area contributed by atoms with Crippen molar-refractivity contribution in [1.29, 1.82) is 0 Å². The molecule has 1 aliphatic heterocycles. The molecule has 19 heavy (non-hydrogen) atoms. The first kappa shape index (κ1) is 15.3. The zero-order chi connectivity index (χ0) is 13.9. The molecule has 1 saturated carbocycles. The smallest absolute Gasteiger partial charge is 0.0365 e. The third-order valence-corrected chi connectivity index (χ3v) is 5.89. The van der Waals surface area contributed by atoms with Gasteiger partial charge >= 0.3 is 0 Å². The average Bonchev–Trinajstić information content (AvgIpc) is 2.46. The lowest BCUT2D eigenvalue weighted by molar-refractivity contribution is -0.0559. The summed E-state index contributed by atoms with van der Waals surface area (Å²) in [7, 11) is 0. The maximum Gasteiger partial charge on any atom is 0.0365 e. The molecule has 2 N–H and O–H groups in total. The zero-order valence-corrected chi connectivity index (χ0v) is 13.3. The van der Waals surface area contributed by atoms with Crippen LogP contribution in [0, 0.1) is 11.8 Å². The van der Waals surface area contributed by atoms with Gasteiger partial charge in [-0.15, -0.1) is 0 Å². The summed E-state index contributed by atoms with van der Waals surface area (Å²) in [5, 5.41) is 0. The minimum atomic E-state index is 0.313. The number of nitrogens with zero attached hydrogens (tertiary/aromatic N) is 1. The van der Waals surface area contributed by atoms with Crippen molar-refractivity contribution >= 4 is 0 Å². The van der Waals surface area contributed by atoms with Crippen molar-refractivity contribution in [2.75, 3.05) is 13.1 Å². The second-order valence-electron chi connectivity index (χ2n) is 7.16. The molecular weight excluding hydrogens is 232 g/mol. The molecule has 0 bridgehead atoms. The lowest BCUT2D eigenvalue weighted by Crippen LogP contribution is -2.64. The van der Waals surface area contributed by atoms with Crippen LogP contribution in [-0.4, -0.2) is 29.6 Å². The molecule has 112 valence electrons. The molecule has 2 fully saturated rings. The van der Waals surface area contributed by atoms with Crippen LogP contribution in [0.5, 0.6) is 0 Å². The van der Waals surface area contributed by atoms with E-state index in [0.29, 0.717) is 5.54 Å². The highest BCUT2D eigenvalue weighted by molar-refractivity contribution is 5.03. The van der Waals surface area contributed by atoms with Gasteiger partial charge in [0.15, 0.2) is 0 Å². The van der Waals surface area contributed by atoms with Crippen LogP contribution in [0.1, 0.15) is 72.1 Å². The number of nitrogens with two attached hydrogens (primary N) is 1. The van der Waals surface area contributed by atoms with Crippen molar-refractivity contribution < 1.29 is 0 Å². The summed E-state index contributed by atoms with van der Waals surface area (Å²) >= 11 is 0. The Kier molecular flexibility index (Phi) is 5.30. The second kappa shape index (κ2) is 6.58. The minimum absolute atomic E-state index is 0.313. The Morgan fingerprint density at radius 3 is 2.53 bits per heavy atom. The number of rotatable bonds is 4. The molecule has 1 saturated heterocycles. The molecule has 0 aromatic rings. The Labute approximate surface area is 120 Å². The van der Waals surface area contributed by atoms with E-state index in [2.05, 4.69) is 25.7 Å². The Bertz CT molecular complexity index is 276. The quantitative estimate of drug-likeness (QED) is 0.838.